The van der Waals surface area contributed by atoms with Gasteiger partial charge in [0.1, 0.15) is 0 Å². The molecular formula is C15H20ClN3O. The number of allylic oxidation sites excluding steroid dienone is 1. The molecule has 0 atom stereocenters. The van der Waals surface area contributed by atoms with Crippen LogP contribution in [0.4, 0.5) is 10.5 Å². The Morgan fingerprint density at radius 3 is 2.55 bits per heavy atom. The van der Waals surface area contributed by atoms with Crippen molar-refractivity contribution in [2.45, 2.75) is 13.8 Å². The maximum absolute atomic E-state index is 11.9. The van der Waals surface area contributed by atoms with Crippen LogP contribution in [0.2, 0.25) is 5.02 Å². The van der Waals surface area contributed by atoms with Gasteiger partial charge in [0.15, 0.2) is 0 Å². The Morgan fingerprint density at radius 1 is 1.25 bits per heavy atom. The molecule has 1 N–H and O–H groups in total. The van der Waals surface area contributed by atoms with E-state index in [2.05, 4.69) is 10.2 Å². The number of hydrogen-bond donors (Lipinski definition) is 1. The second-order valence-electron chi connectivity index (χ2n) is 5.13. The van der Waals surface area contributed by atoms with E-state index < -0.39 is 0 Å². The second-order valence-corrected chi connectivity index (χ2v) is 5.56. The van der Waals surface area contributed by atoms with Gasteiger partial charge in [-0.1, -0.05) is 23.2 Å². The van der Waals surface area contributed by atoms with Crippen LogP contribution in [-0.2, 0) is 0 Å². The van der Waals surface area contributed by atoms with Gasteiger partial charge in [-0.2, -0.15) is 0 Å². The molecule has 4 nitrogen and oxygen atoms in total. The molecule has 1 aromatic carbocycles. The summed E-state index contributed by atoms with van der Waals surface area (Å²) in [5.41, 5.74) is 2.19. The van der Waals surface area contributed by atoms with E-state index in [4.69, 9.17) is 11.6 Å². The zero-order valence-electron chi connectivity index (χ0n) is 11.9. The van der Waals surface area contributed by atoms with Gasteiger partial charge in [0.05, 0.1) is 0 Å². The van der Waals surface area contributed by atoms with Crippen LogP contribution < -0.4 is 10.2 Å². The standard InChI is InChI=1S/C15H20ClN3O/c1-12(2)11-17-15(20)19-8-6-18(7-9-19)14-5-3-4-13(16)10-14/h3-5,10-11H,6-9H2,1-2H3,(H,17,20). The zero-order chi connectivity index (χ0) is 14.5. The van der Waals surface area contributed by atoms with E-state index in [9.17, 15) is 4.79 Å². The number of hydrogen-bond acceptors (Lipinski definition) is 2. The van der Waals surface area contributed by atoms with Crippen LogP contribution in [0.25, 0.3) is 0 Å². The highest BCUT2D eigenvalue weighted by Crippen LogP contribution is 2.20. The highest BCUT2D eigenvalue weighted by molar-refractivity contribution is 6.30. The first-order valence-electron chi connectivity index (χ1n) is 6.75. The number of piperazine rings is 1. The fourth-order valence-electron chi connectivity index (χ4n) is 2.14. The Bertz CT molecular complexity index is 504. The zero-order valence-corrected chi connectivity index (χ0v) is 12.7. The predicted molar refractivity (Wildman–Crippen MR) is 83.2 cm³/mol. The highest BCUT2D eigenvalue weighted by atomic mass is 35.5. The maximum atomic E-state index is 11.9. The molecule has 5 heteroatoms. The number of rotatable bonds is 2. The van der Waals surface area contributed by atoms with Gasteiger partial charge in [-0.15, -0.1) is 0 Å². The van der Waals surface area contributed by atoms with Gasteiger partial charge in [-0.25, -0.2) is 4.79 Å². The van der Waals surface area contributed by atoms with Gasteiger partial charge in [0, 0.05) is 43.1 Å². The van der Waals surface area contributed by atoms with E-state index in [0.717, 1.165) is 42.5 Å². The summed E-state index contributed by atoms with van der Waals surface area (Å²) in [5.74, 6) is 0. The van der Waals surface area contributed by atoms with Gasteiger partial charge < -0.3 is 15.1 Å². The van der Waals surface area contributed by atoms with Gasteiger partial charge in [0.25, 0.3) is 0 Å². The molecule has 0 saturated carbocycles. The molecule has 0 bridgehead atoms. The summed E-state index contributed by atoms with van der Waals surface area (Å²) in [6.45, 7) is 6.99. The summed E-state index contributed by atoms with van der Waals surface area (Å²) in [6, 6.07) is 7.79. The fraction of sp³-hybridized carbons (Fsp3) is 0.400. The maximum Gasteiger partial charge on any atom is 0.321 e. The number of nitrogens with zero attached hydrogens (tertiary/aromatic N) is 2. The number of carbonyl (C=O) groups is 1. The summed E-state index contributed by atoms with van der Waals surface area (Å²) < 4.78 is 0. The van der Waals surface area contributed by atoms with Crippen molar-refractivity contribution in [2.24, 2.45) is 0 Å². The minimum absolute atomic E-state index is 0.0306. The Labute approximate surface area is 125 Å². The minimum Gasteiger partial charge on any atom is -0.368 e. The van der Waals surface area contributed by atoms with Crippen molar-refractivity contribution in [1.29, 1.82) is 0 Å². The molecule has 20 heavy (non-hydrogen) atoms. The Kier molecular flexibility index (Phi) is 4.90. The molecule has 0 radical (unpaired) electrons. The Balaban J connectivity index is 1.89. The molecule has 1 aliphatic rings. The second kappa shape index (κ2) is 6.66. The van der Waals surface area contributed by atoms with Gasteiger partial charge >= 0.3 is 6.03 Å². The van der Waals surface area contributed by atoms with Crippen LogP contribution in [0.3, 0.4) is 0 Å². The van der Waals surface area contributed by atoms with E-state index in [0.29, 0.717) is 0 Å². The molecule has 108 valence electrons. The van der Waals surface area contributed by atoms with Gasteiger partial charge in [0.2, 0.25) is 0 Å². The van der Waals surface area contributed by atoms with Crippen molar-refractivity contribution in [3.63, 3.8) is 0 Å². The summed E-state index contributed by atoms with van der Waals surface area (Å²) in [5, 5.41) is 3.54. The van der Waals surface area contributed by atoms with E-state index in [1.54, 1.807) is 6.20 Å². The number of urea groups is 1. The predicted octanol–water partition coefficient (Wildman–Crippen LogP) is 3.10. The highest BCUT2D eigenvalue weighted by Gasteiger charge is 2.20. The quantitative estimate of drug-likeness (QED) is 0.909. The Hall–Kier alpha value is -1.68. The van der Waals surface area contributed by atoms with Crippen LogP contribution in [0, 0.1) is 0 Å². The fourth-order valence-corrected chi connectivity index (χ4v) is 2.32. The van der Waals surface area contributed by atoms with Crippen LogP contribution >= 0.6 is 11.6 Å². The summed E-state index contributed by atoms with van der Waals surface area (Å²) >= 11 is 6.01. The molecule has 0 aliphatic carbocycles. The molecule has 1 fully saturated rings. The lowest BCUT2D eigenvalue weighted by Gasteiger charge is -2.35. The number of halogens is 1. The smallest absolute Gasteiger partial charge is 0.321 e. The average Bonchev–Trinajstić information content (AvgIpc) is 2.45. The number of carbonyl (C=O) groups excluding carboxylic acids is 1. The van der Waals surface area contributed by atoms with E-state index in [-0.39, 0.29) is 6.03 Å². The first kappa shape index (κ1) is 14.7. The number of nitrogens with one attached hydrogen (secondary N) is 1. The van der Waals surface area contributed by atoms with E-state index in [1.165, 1.54) is 0 Å². The summed E-state index contributed by atoms with van der Waals surface area (Å²) in [6.07, 6.45) is 1.74. The first-order chi connectivity index (χ1) is 9.56. The van der Waals surface area contributed by atoms with Crippen molar-refractivity contribution < 1.29 is 4.79 Å². The SMILES string of the molecule is CC(C)=CNC(=O)N1CCN(c2cccc(Cl)c2)CC1. The number of benzene rings is 1. The van der Waals surface area contributed by atoms with Crippen molar-refractivity contribution in [2.75, 3.05) is 31.1 Å². The molecule has 1 saturated heterocycles. The summed E-state index contributed by atoms with van der Waals surface area (Å²) in [4.78, 5) is 16.0. The molecule has 0 aromatic heterocycles. The summed E-state index contributed by atoms with van der Waals surface area (Å²) in [7, 11) is 0. The third-order valence-electron chi connectivity index (χ3n) is 3.22. The largest absolute Gasteiger partial charge is 0.368 e. The molecule has 0 spiro atoms. The molecule has 1 aromatic rings. The molecule has 2 amide bonds. The van der Waals surface area contributed by atoms with E-state index >= 15 is 0 Å². The van der Waals surface area contributed by atoms with Crippen LogP contribution in [0.1, 0.15) is 13.8 Å². The molecule has 1 heterocycles. The molecule has 2 rings (SSSR count). The van der Waals surface area contributed by atoms with Crippen molar-refractivity contribution in [3.8, 4) is 0 Å². The van der Waals surface area contributed by atoms with Gasteiger partial charge in [-0.05, 0) is 32.0 Å². The lowest BCUT2D eigenvalue weighted by atomic mass is 10.2. The third-order valence-corrected chi connectivity index (χ3v) is 3.46. The average molecular weight is 294 g/mol. The van der Waals surface area contributed by atoms with Gasteiger partial charge in [-0.3, -0.25) is 0 Å². The monoisotopic (exact) mass is 293 g/mol. The lowest BCUT2D eigenvalue weighted by Crippen LogP contribution is -2.51. The first-order valence-corrected chi connectivity index (χ1v) is 7.13. The van der Waals surface area contributed by atoms with Crippen LogP contribution in [-0.4, -0.2) is 37.1 Å². The van der Waals surface area contributed by atoms with Crippen LogP contribution in [0.15, 0.2) is 36.0 Å². The molecule has 0 unspecified atom stereocenters. The van der Waals surface area contributed by atoms with E-state index in [1.807, 2.05) is 43.0 Å². The number of anilines is 1. The lowest BCUT2D eigenvalue weighted by molar-refractivity contribution is 0.198. The van der Waals surface area contributed by atoms with Crippen LogP contribution in [0.5, 0.6) is 0 Å². The van der Waals surface area contributed by atoms with Crippen molar-refractivity contribution in [1.82, 2.24) is 10.2 Å². The Morgan fingerprint density at radius 2 is 1.95 bits per heavy atom. The molecular weight excluding hydrogens is 274 g/mol. The normalized spacial score (nSPS) is 14.9. The topological polar surface area (TPSA) is 35.6 Å². The molecule has 1 aliphatic heterocycles. The van der Waals surface area contributed by atoms with Crippen molar-refractivity contribution in [3.05, 3.63) is 41.1 Å². The number of amides is 2. The third kappa shape index (κ3) is 3.90. The van der Waals surface area contributed by atoms with Crippen molar-refractivity contribution >= 4 is 23.3 Å². The minimum atomic E-state index is -0.0306.